The molecule has 2 heterocycles. The largest absolute Gasteiger partial charge is 0.481 e. The Morgan fingerprint density at radius 2 is 1.66 bits per heavy atom. The predicted octanol–water partition coefficient (Wildman–Crippen LogP) is 3.08. The summed E-state index contributed by atoms with van der Waals surface area (Å²) in [6.07, 6.45) is 1.47. The molecule has 0 unspecified atom stereocenters. The number of sulfone groups is 1. The Hall–Kier alpha value is -3.06. The summed E-state index contributed by atoms with van der Waals surface area (Å²) in [4.78, 5) is 20.3. The van der Waals surface area contributed by atoms with Crippen molar-refractivity contribution in [3.63, 3.8) is 0 Å². The SMILES string of the molecule is O=C(O)Cc1ccc(Cc2nc(-c3ccccc3)nc3c2S(=O)(=O)CCC3)cc1. The highest BCUT2D eigenvalue weighted by atomic mass is 32.2. The monoisotopic (exact) mass is 408 g/mol. The number of carboxylic acids is 1. The van der Waals surface area contributed by atoms with E-state index in [1.807, 2.05) is 42.5 Å². The van der Waals surface area contributed by atoms with Crippen molar-refractivity contribution in [2.45, 2.75) is 30.6 Å². The summed E-state index contributed by atoms with van der Waals surface area (Å²) in [6.45, 7) is 0. The number of carboxylic acid groups (broad SMARTS) is 1. The summed E-state index contributed by atoms with van der Waals surface area (Å²) in [5.41, 5.74) is 3.50. The van der Waals surface area contributed by atoms with Crippen molar-refractivity contribution in [3.05, 3.63) is 77.1 Å². The molecule has 0 fully saturated rings. The van der Waals surface area contributed by atoms with Crippen LogP contribution in [0, 0.1) is 0 Å². The third-order valence-electron chi connectivity index (χ3n) is 4.93. The zero-order chi connectivity index (χ0) is 20.4. The average Bonchev–Trinajstić information content (AvgIpc) is 2.69. The minimum Gasteiger partial charge on any atom is -0.481 e. The van der Waals surface area contributed by atoms with Crippen LogP contribution in [0.15, 0.2) is 59.5 Å². The van der Waals surface area contributed by atoms with Crippen LogP contribution in [0.1, 0.15) is 28.9 Å². The summed E-state index contributed by atoms with van der Waals surface area (Å²) in [6, 6.07) is 16.7. The molecule has 1 N–H and O–H groups in total. The maximum Gasteiger partial charge on any atom is 0.307 e. The van der Waals surface area contributed by atoms with Crippen LogP contribution in [0.2, 0.25) is 0 Å². The van der Waals surface area contributed by atoms with Crippen LogP contribution in [0.5, 0.6) is 0 Å². The van der Waals surface area contributed by atoms with Gasteiger partial charge in [0.15, 0.2) is 15.7 Å². The second-order valence-corrected chi connectivity index (χ2v) is 9.17. The molecule has 1 aliphatic heterocycles. The van der Waals surface area contributed by atoms with Crippen molar-refractivity contribution in [3.8, 4) is 11.4 Å². The van der Waals surface area contributed by atoms with Crippen molar-refractivity contribution in [1.29, 1.82) is 0 Å². The van der Waals surface area contributed by atoms with Gasteiger partial charge in [-0.25, -0.2) is 18.4 Å². The molecule has 2 aromatic carbocycles. The number of hydrogen-bond donors (Lipinski definition) is 1. The lowest BCUT2D eigenvalue weighted by Gasteiger charge is -2.19. The number of hydrogen-bond acceptors (Lipinski definition) is 5. The molecule has 0 aliphatic carbocycles. The normalized spacial score (nSPS) is 14.9. The van der Waals surface area contributed by atoms with E-state index in [0.717, 1.165) is 11.1 Å². The number of fused-ring (bicyclic) bond motifs is 1. The van der Waals surface area contributed by atoms with E-state index in [2.05, 4.69) is 9.97 Å². The lowest BCUT2D eigenvalue weighted by molar-refractivity contribution is -0.136. The van der Waals surface area contributed by atoms with E-state index in [9.17, 15) is 13.2 Å². The van der Waals surface area contributed by atoms with Crippen LogP contribution in [0.3, 0.4) is 0 Å². The number of aryl methyl sites for hydroxylation is 1. The predicted molar refractivity (Wildman–Crippen MR) is 108 cm³/mol. The first-order valence-corrected chi connectivity index (χ1v) is 11.1. The van der Waals surface area contributed by atoms with E-state index in [1.165, 1.54) is 0 Å². The number of nitrogens with zero attached hydrogens (tertiary/aromatic N) is 2. The van der Waals surface area contributed by atoms with E-state index in [-0.39, 0.29) is 17.1 Å². The Bertz CT molecular complexity index is 1160. The molecule has 29 heavy (non-hydrogen) atoms. The first-order valence-electron chi connectivity index (χ1n) is 9.40. The number of carbonyl (C=O) groups is 1. The molecule has 1 aliphatic rings. The second-order valence-electron chi connectivity index (χ2n) is 7.12. The molecule has 4 rings (SSSR count). The third-order valence-corrected chi connectivity index (χ3v) is 6.84. The quantitative estimate of drug-likeness (QED) is 0.697. The highest BCUT2D eigenvalue weighted by Gasteiger charge is 2.30. The van der Waals surface area contributed by atoms with Crippen molar-refractivity contribution in [1.82, 2.24) is 9.97 Å². The standard InChI is InChI=1S/C22H20N2O4S/c25-20(26)14-16-10-8-15(9-11-16)13-19-21-18(7-4-12-29(21,27)28)23-22(24-19)17-5-2-1-3-6-17/h1-3,5-6,8-11H,4,7,12-14H2,(H,25,26). The van der Waals surface area contributed by atoms with Gasteiger partial charge in [0.05, 0.1) is 23.6 Å². The van der Waals surface area contributed by atoms with E-state index >= 15 is 0 Å². The van der Waals surface area contributed by atoms with Gasteiger partial charge in [-0.1, -0.05) is 54.6 Å². The zero-order valence-corrected chi connectivity index (χ0v) is 16.5. The molecule has 3 aromatic rings. The summed E-state index contributed by atoms with van der Waals surface area (Å²) >= 11 is 0. The fraction of sp³-hybridized carbons (Fsp3) is 0.227. The molecule has 1 aromatic heterocycles. The van der Waals surface area contributed by atoms with Crippen LogP contribution in [0.4, 0.5) is 0 Å². The molecule has 0 amide bonds. The smallest absolute Gasteiger partial charge is 0.307 e. The van der Waals surface area contributed by atoms with Crippen molar-refractivity contribution < 1.29 is 18.3 Å². The zero-order valence-electron chi connectivity index (χ0n) is 15.7. The number of rotatable bonds is 5. The second kappa shape index (κ2) is 7.75. The molecular formula is C22H20N2O4S. The molecule has 0 saturated carbocycles. The van der Waals surface area contributed by atoms with E-state index in [4.69, 9.17) is 5.11 Å². The summed E-state index contributed by atoms with van der Waals surface area (Å²) in [7, 11) is -3.42. The molecule has 6 nitrogen and oxygen atoms in total. The molecule has 0 saturated heterocycles. The Balaban J connectivity index is 1.77. The molecule has 0 bridgehead atoms. The van der Waals surface area contributed by atoms with Gasteiger partial charge in [0.25, 0.3) is 0 Å². The molecule has 0 radical (unpaired) electrons. The Morgan fingerprint density at radius 3 is 2.34 bits per heavy atom. The molecular weight excluding hydrogens is 388 g/mol. The fourth-order valence-electron chi connectivity index (χ4n) is 3.59. The minimum absolute atomic E-state index is 0.0459. The van der Waals surface area contributed by atoms with Crippen molar-refractivity contribution in [2.75, 3.05) is 5.75 Å². The number of benzene rings is 2. The van der Waals surface area contributed by atoms with Gasteiger partial charge in [0, 0.05) is 12.0 Å². The lowest BCUT2D eigenvalue weighted by atomic mass is 10.0. The van der Waals surface area contributed by atoms with Gasteiger partial charge in [0.1, 0.15) is 4.90 Å². The topological polar surface area (TPSA) is 97.2 Å². The summed E-state index contributed by atoms with van der Waals surface area (Å²) in [5.74, 6) is -0.251. The van der Waals surface area contributed by atoms with Gasteiger partial charge >= 0.3 is 5.97 Å². The van der Waals surface area contributed by atoms with Crippen molar-refractivity contribution >= 4 is 15.8 Å². The maximum absolute atomic E-state index is 12.8. The minimum atomic E-state index is -3.42. The summed E-state index contributed by atoms with van der Waals surface area (Å²) in [5, 5.41) is 8.92. The van der Waals surface area contributed by atoms with E-state index in [1.54, 1.807) is 12.1 Å². The van der Waals surface area contributed by atoms with Crippen LogP contribution in [0.25, 0.3) is 11.4 Å². The van der Waals surface area contributed by atoms with E-state index < -0.39 is 15.8 Å². The van der Waals surface area contributed by atoms with Crippen LogP contribution < -0.4 is 0 Å². The van der Waals surface area contributed by atoms with Crippen LogP contribution >= 0.6 is 0 Å². The Morgan fingerprint density at radius 1 is 0.966 bits per heavy atom. The highest BCUT2D eigenvalue weighted by Crippen LogP contribution is 2.30. The van der Waals surface area contributed by atoms with Crippen molar-refractivity contribution in [2.24, 2.45) is 0 Å². The van der Waals surface area contributed by atoms with Gasteiger partial charge in [-0.15, -0.1) is 0 Å². The fourth-order valence-corrected chi connectivity index (χ4v) is 5.30. The third kappa shape index (κ3) is 4.19. The van der Waals surface area contributed by atoms with Crippen LogP contribution in [-0.4, -0.2) is 35.2 Å². The lowest BCUT2D eigenvalue weighted by Crippen LogP contribution is -2.21. The molecule has 7 heteroatoms. The van der Waals surface area contributed by atoms with Gasteiger partial charge in [0.2, 0.25) is 0 Å². The van der Waals surface area contributed by atoms with Crippen LogP contribution in [-0.2, 0) is 33.9 Å². The van der Waals surface area contributed by atoms with Gasteiger partial charge in [-0.3, -0.25) is 4.79 Å². The van der Waals surface area contributed by atoms with Gasteiger partial charge in [-0.05, 0) is 24.0 Å². The molecule has 148 valence electrons. The maximum atomic E-state index is 12.8. The average molecular weight is 408 g/mol. The first kappa shape index (κ1) is 19.3. The number of aliphatic carboxylic acids is 1. The molecule has 0 atom stereocenters. The first-order chi connectivity index (χ1) is 13.9. The Labute approximate surface area is 169 Å². The Kier molecular flexibility index (Phi) is 5.15. The van der Waals surface area contributed by atoms with Gasteiger partial charge < -0.3 is 5.11 Å². The summed E-state index contributed by atoms with van der Waals surface area (Å²) < 4.78 is 25.5. The van der Waals surface area contributed by atoms with Gasteiger partial charge in [-0.2, -0.15) is 0 Å². The van der Waals surface area contributed by atoms with E-state index in [0.29, 0.717) is 42.0 Å². The number of aromatic nitrogens is 2. The molecule has 0 spiro atoms. The highest BCUT2D eigenvalue weighted by molar-refractivity contribution is 7.91.